The number of hydrogen-bond acceptors (Lipinski definition) is 2. The van der Waals surface area contributed by atoms with E-state index in [4.69, 9.17) is 5.26 Å². The third-order valence-corrected chi connectivity index (χ3v) is 4.24. The number of nitriles is 1. The molecular formula is C12H16N2O. The van der Waals surface area contributed by atoms with Gasteiger partial charge in [0.05, 0.1) is 6.07 Å². The van der Waals surface area contributed by atoms with Crippen molar-refractivity contribution < 1.29 is 4.79 Å². The summed E-state index contributed by atoms with van der Waals surface area (Å²) in [6.07, 6.45) is 6.35. The maximum atomic E-state index is 11.9. The lowest BCUT2D eigenvalue weighted by Gasteiger charge is -2.21. The highest BCUT2D eigenvalue weighted by atomic mass is 16.2. The molecule has 80 valence electrons. The van der Waals surface area contributed by atoms with Crippen molar-refractivity contribution in [1.29, 1.82) is 5.26 Å². The molecule has 0 heterocycles. The largest absolute Gasteiger partial charge is 0.338 e. The van der Waals surface area contributed by atoms with Crippen LogP contribution in [0.4, 0.5) is 0 Å². The van der Waals surface area contributed by atoms with Crippen LogP contribution in [0.1, 0.15) is 38.5 Å². The second-order valence-corrected chi connectivity index (χ2v) is 5.45. The molecule has 0 saturated heterocycles. The van der Waals surface area contributed by atoms with Crippen molar-refractivity contribution in [2.45, 2.75) is 44.1 Å². The van der Waals surface area contributed by atoms with Gasteiger partial charge in [0.25, 0.3) is 0 Å². The number of amides is 1. The Labute approximate surface area is 89.8 Å². The van der Waals surface area contributed by atoms with E-state index in [1.54, 1.807) is 0 Å². The first-order chi connectivity index (χ1) is 7.22. The Kier molecular flexibility index (Phi) is 1.83. The minimum Gasteiger partial charge on any atom is -0.338 e. The third kappa shape index (κ3) is 1.62. The average molecular weight is 204 g/mol. The molecule has 3 nitrogen and oxygen atoms in total. The summed E-state index contributed by atoms with van der Waals surface area (Å²) in [6, 6.07) is 2.21. The summed E-state index contributed by atoms with van der Waals surface area (Å²) in [6.45, 7) is 0. The van der Waals surface area contributed by atoms with Crippen LogP contribution >= 0.6 is 0 Å². The molecule has 0 aromatic carbocycles. The van der Waals surface area contributed by atoms with Gasteiger partial charge in [-0.3, -0.25) is 4.79 Å². The van der Waals surface area contributed by atoms with E-state index in [9.17, 15) is 4.79 Å². The number of nitrogens with one attached hydrogen (secondary N) is 1. The first kappa shape index (κ1) is 9.21. The number of carbonyl (C=O) groups excluding carboxylic acids is 1. The van der Waals surface area contributed by atoms with Crippen LogP contribution in [0.3, 0.4) is 0 Å². The molecule has 3 saturated carbocycles. The van der Waals surface area contributed by atoms with E-state index in [0.29, 0.717) is 0 Å². The van der Waals surface area contributed by atoms with Crippen molar-refractivity contribution in [2.24, 2.45) is 17.8 Å². The van der Waals surface area contributed by atoms with Crippen molar-refractivity contribution in [3.8, 4) is 6.07 Å². The molecule has 3 fully saturated rings. The van der Waals surface area contributed by atoms with Crippen molar-refractivity contribution in [2.75, 3.05) is 0 Å². The van der Waals surface area contributed by atoms with Gasteiger partial charge in [0.1, 0.15) is 5.54 Å². The molecule has 3 aliphatic carbocycles. The van der Waals surface area contributed by atoms with Crippen LogP contribution in [-0.2, 0) is 4.79 Å². The van der Waals surface area contributed by atoms with Gasteiger partial charge >= 0.3 is 0 Å². The molecule has 0 aliphatic heterocycles. The normalized spacial score (nSPS) is 39.8. The second-order valence-electron chi connectivity index (χ2n) is 5.45. The molecule has 3 rings (SSSR count). The number of nitrogens with zero attached hydrogens (tertiary/aromatic N) is 1. The van der Waals surface area contributed by atoms with Gasteiger partial charge in [0.15, 0.2) is 0 Å². The topological polar surface area (TPSA) is 52.9 Å². The van der Waals surface area contributed by atoms with Crippen LogP contribution < -0.4 is 5.32 Å². The molecule has 15 heavy (non-hydrogen) atoms. The maximum Gasteiger partial charge on any atom is 0.224 e. The number of hydrogen-bond donors (Lipinski definition) is 1. The molecular weight excluding hydrogens is 188 g/mol. The van der Waals surface area contributed by atoms with E-state index >= 15 is 0 Å². The molecule has 1 amide bonds. The van der Waals surface area contributed by atoms with Gasteiger partial charge in [0, 0.05) is 5.92 Å². The lowest BCUT2D eigenvalue weighted by molar-refractivity contribution is -0.126. The Morgan fingerprint density at radius 2 is 2.07 bits per heavy atom. The quantitative estimate of drug-likeness (QED) is 0.742. The number of rotatable bonds is 2. The Hall–Kier alpha value is -1.04. The van der Waals surface area contributed by atoms with Crippen LogP contribution in [-0.4, -0.2) is 11.4 Å². The van der Waals surface area contributed by atoms with E-state index in [1.807, 2.05) is 0 Å². The Bertz CT molecular complexity index is 340. The highest BCUT2D eigenvalue weighted by Crippen LogP contribution is 2.51. The molecule has 3 atom stereocenters. The zero-order valence-corrected chi connectivity index (χ0v) is 8.83. The van der Waals surface area contributed by atoms with E-state index < -0.39 is 5.54 Å². The summed E-state index contributed by atoms with van der Waals surface area (Å²) in [5.41, 5.74) is -0.475. The smallest absolute Gasteiger partial charge is 0.224 e. The summed E-state index contributed by atoms with van der Waals surface area (Å²) in [7, 11) is 0. The summed E-state index contributed by atoms with van der Waals surface area (Å²) in [4.78, 5) is 11.9. The SMILES string of the molecule is N#CC1(NC(=O)C2CCC3CC3C2)CC1. The average Bonchev–Trinajstić information content (AvgIpc) is 3.12. The predicted molar refractivity (Wildman–Crippen MR) is 54.7 cm³/mol. The fourth-order valence-corrected chi connectivity index (χ4v) is 2.82. The van der Waals surface area contributed by atoms with Crippen molar-refractivity contribution in [1.82, 2.24) is 5.32 Å². The van der Waals surface area contributed by atoms with Gasteiger partial charge in [-0.25, -0.2) is 0 Å². The third-order valence-electron chi connectivity index (χ3n) is 4.24. The van der Waals surface area contributed by atoms with Crippen LogP contribution in [0.15, 0.2) is 0 Å². The van der Waals surface area contributed by atoms with Gasteiger partial charge < -0.3 is 5.32 Å². The minimum atomic E-state index is -0.475. The summed E-state index contributed by atoms with van der Waals surface area (Å²) < 4.78 is 0. The molecule has 0 radical (unpaired) electrons. The fraction of sp³-hybridized carbons (Fsp3) is 0.833. The molecule has 3 heteroatoms. The predicted octanol–water partition coefficient (Wildman–Crippen LogP) is 1.59. The molecule has 0 aromatic rings. The molecule has 0 bridgehead atoms. The zero-order valence-electron chi connectivity index (χ0n) is 8.83. The minimum absolute atomic E-state index is 0.138. The Balaban J connectivity index is 1.58. The zero-order chi connectivity index (χ0) is 10.5. The fourth-order valence-electron chi connectivity index (χ4n) is 2.82. The maximum absolute atomic E-state index is 11.9. The van der Waals surface area contributed by atoms with Crippen LogP contribution in [0.5, 0.6) is 0 Å². The monoisotopic (exact) mass is 204 g/mol. The van der Waals surface area contributed by atoms with Crippen LogP contribution in [0, 0.1) is 29.1 Å². The van der Waals surface area contributed by atoms with Crippen LogP contribution in [0.2, 0.25) is 0 Å². The molecule has 1 N–H and O–H groups in total. The van der Waals surface area contributed by atoms with Crippen molar-refractivity contribution >= 4 is 5.91 Å². The van der Waals surface area contributed by atoms with Gasteiger partial charge in [-0.15, -0.1) is 0 Å². The van der Waals surface area contributed by atoms with Crippen LogP contribution in [0.25, 0.3) is 0 Å². The highest BCUT2D eigenvalue weighted by molar-refractivity contribution is 5.80. The Morgan fingerprint density at radius 3 is 2.67 bits per heavy atom. The molecule has 0 aromatic heterocycles. The lowest BCUT2D eigenvalue weighted by Crippen LogP contribution is -2.40. The van der Waals surface area contributed by atoms with Crippen molar-refractivity contribution in [3.63, 3.8) is 0 Å². The molecule has 3 aliphatic rings. The Morgan fingerprint density at radius 1 is 1.27 bits per heavy atom. The van der Waals surface area contributed by atoms with E-state index in [-0.39, 0.29) is 11.8 Å². The summed E-state index contributed by atoms with van der Waals surface area (Å²) >= 11 is 0. The molecule has 0 spiro atoms. The van der Waals surface area contributed by atoms with E-state index in [0.717, 1.165) is 37.5 Å². The van der Waals surface area contributed by atoms with Gasteiger partial charge in [-0.05, 0) is 50.4 Å². The van der Waals surface area contributed by atoms with Gasteiger partial charge in [-0.2, -0.15) is 5.26 Å². The standard InChI is InChI=1S/C12H16N2O/c13-7-12(3-4-12)14-11(15)9-2-1-8-5-10(8)6-9/h8-10H,1-6H2,(H,14,15). The van der Waals surface area contributed by atoms with E-state index in [1.165, 1.54) is 12.8 Å². The number of fused-ring (bicyclic) bond motifs is 1. The van der Waals surface area contributed by atoms with Crippen molar-refractivity contribution in [3.05, 3.63) is 0 Å². The molecule has 3 unspecified atom stereocenters. The highest BCUT2D eigenvalue weighted by Gasteiger charge is 2.48. The first-order valence-electron chi connectivity index (χ1n) is 5.96. The first-order valence-corrected chi connectivity index (χ1v) is 5.96. The van der Waals surface area contributed by atoms with Gasteiger partial charge in [-0.1, -0.05) is 0 Å². The lowest BCUT2D eigenvalue weighted by atomic mass is 9.88. The van der Waals surface area contributed by atoms with E-state index in [2.05, 4.69) is 11.4 Å². The summed E-state index contributed by atoms with van der Waals surface area (Å²) in [5, 5.41) is 11.8. The summed E-state index contributed by atoms with van der Waals surface area (Å²) in [5.74, 6) is 2.09. The second kappa shape index (κ2) is 2.98. The van der Waals surface area contributed by atoms with Gasteiger partial charge in [0.2, 0.25) is 5.91 Å². The number of carbonyl (C=O) groups is 1.